The van der Waals surface area contributed by atoms with Gasteiger partial charge in [0.2, 0.25) is 0 Å². The number of Topliss-reactive ketones (excluding diaryl/α,β-unsaturated/α-hetero) is 1. The van der Waals surface area contributed by atoms with Gasteiger partial charge in [-0.25, -0.2) is 0 Å². The van der Waals surface area contributed by atoms with E-state index in [9.17, 15) is 4.79 Å². The molecule has 5 nitrogen and oxygen atoms in total. The van der Waals surface area contributed by atoms with Crippen molar-refractivity contribution in [2.45, 2.75) is 39.3 Å². The maximum absolute atomic E-state index is 11.6. The van der Waals surface area contributed by atoms with Gasteiger partial charge in [0.15, 0.2) is 17.3 Å². The van der Waals surface area contributed by atoms with E-state index in [1.807, 2.05) is 12.1 Å². The van der Waals surface area contributed by atoms with Crippen LogP contribution in [0.3, 0.4) is 0 Å². The number of unbranched alkanes of at least 4 members (excludes halogenated alkanes) is 1. The predicted octanol–water partition coefficient (Wildman–Crippen LogP) is 4.70. The first-order valence-corrected chi connectivity index (χ1v) is 10.6. The van der Waals surface area contributed by atoms with E-state index < -0.39 is 0 Å². The lowest BCUT2D eigenvalue weighted by Crippen LogP contribution is -2.31. The smallest absolute Gasteiger partial charge is 0.161 e. The van der Waals surface area contributed by atoms with E-state index in [0.29, 0.717) is 0 Å². The standard InChI is InChI=1S/C25H30N2O3/c1-18(28)19-6-7-23-21(14-19)9-13-27(23)11-5-4-10-26-12-8-20-15-24(29-2)25(30-3)16-22(20)17-26/h6-7,9,13-16H,4-5,8,10-12,17H2,1-3H3. The van der Waals surface area contributed by atoms with Crippen molar-refractivity contribution in [2.75, 3.05) is 27.3 Å². The average molecular weight is 407 g/mol. The molecule has 0 atom stereocenters. The Hall–Kier alpha value is -2.79. The maximum Gasteiger partial charge on any atom is 0.161 e. The van der Waals surface area contributed by atoms with E-state index in [-0.39, 0.29) is 5.78 Å². The summed E-state index contributed by atoms with van der Waals surface area (Å²) < 4.78 is 13.2. The van der Waals surface area contributed by atoms with Crippen LogP contribution in [-0.4, -0.2) is 42.6 Å². The van der Waals surface area contributed by atoms with E-state index in [2.05, 4.69) is 39.9 Å². The molecule has 0 radical (unpaired) electrons. The summed E-state index contributed by atoms with van der Waals surface area (Å²) >= 11 is 0. The minimum atomic E-state index is 0.115. The number of methoxy groups -OCH3 is 2. The van der Waals surface area contributed by atoms with Crippen LogP contribution in [-0.2, 0) is 19.5 Å². The molecule has 0 spiro atoms. The molecule has 0 saturated heterocycles. The molecule has 0 fully saturated rings. The number of aryl methyl sites for hydroxylation is 1. The van der Waals surface area contributed by atoms with Crippen LogP contribution in [0.25, 0.3) is 10.9 Å². The van der Waals surface area contributed by atoms with E-state index in [0.717, 1.165) is 67.9 Å². The van der Waals surface area contributed by atoms with Crippen molar-refractivity contribution in [1.29, 1.82) is 0 Å². The zero-order valence-corrected chi connectivity index (χ0v) is 18.1. The number of carbonyl (C=O) groups excluding carboxylic acids is 1. The van der Waals surface area contributed by atoms with Crippen molar-refractivity contribution in [3.63, 3.8) is 0 Å². The fraction of sp³-hybridized carbons (Fsp3) is 0.400. The fourth-order valence-electron chi connectivity index (χ4n) is 4.36. The van der Waals surface area contributed by atoms with Crippen LogP contribution in [0.1, 0.15) is 41.3 Å². The molecule has 2 heterocycles. The van der Waals surface area contributed by atoms with Crippen LogP contribution in [0, 0.1) is 0 Å². The van der Waals surface area contributed by atoms with Crippen molar-refractivity contribution in [3.8, 4) is 11.5 Å². The highest BCUT2D eigenvalue weighted by Gasteiger charge is 2.19. The quantitative estimate of drug-likeness (QED) is 0.402. The molecule has 1 aliphatic rings. The van der Waals surface area contributed by atoms with Gasteiger partial charge in [-0.05, 0) is 80.3 Å². The van der Waals surface area contributed by atoms with Gasteiger partial charge in [0, 0.05) is 42.3 Å². The topological polar surface area (TPSA) is 43.7 Å². The predicted molar refractivity (Wildman–Crippen MR) is 120 cm³/mol. The number of carbonyl (C=O) groups is 1. The van der Waals surface area contributed by atoms with Crippen LogP contribution < -0.4 is 9.47 Å². The van der Waals surface area contributed by atoms with Crippen LogP contribution in [0.2, 0.25) is 0 Å². The van der Waals surface area contributed by atoms with E-state index in [1.165, 1.54) is 16.6 Å². The van der Waals surface area contributed by atoms with Gasteiger partial charge in [0.05, 0.1) is 14.2 Å². The zero-order chi connectivity index (χ0) is 21.1. The third-order valence-electron chi connectivity index (χ3n) is 6.10. The molecule has 1 aromatic heterocycles. The molecule has 0 saturated carbocycles. The second-order valence-electron chi connectivity index (χ2n) is 8.05. The molecular formula is C25H30N2O3. The Morgan fingerprint density at radius 1 is 0.967 bits per heavy atom. The summed E-state index contributed by atoms with van der Waals surface area (Å²) in [6, 6.07) is 12.3. The molecule has 5 heteroatoms. The maximum atomic E-state index is 11.6. The highest BCUT2D eigenvalue weighted by molar-refractivity contribution is 5.98. The Morgan fingerprint density at radius 3 is 2.43 bits per heavy atom. The number of aromatic nitrogens is 1. The summed E-state index contributed by atoms with van der Waals surface area (Å²) in [4.78, 5) is 14.1. The Bertz CT molecular complexity index is 1050. The summed E-state index contributed by atoms with van der Waals surface area (Å²) in [5.41, 5.74) is 4.69. The van der Waals surface area contributed by atoms with Gasteiger partial charge >= 0.3 is 0 Å². The summed E-state index contributed by atoms with van der Waals surface area (Å²) in [6.45, 7) is 5.77. The highest BCUT2D eigenvalue weighted by atomic mass is 16.5. The number of hydrogen-bond donors (Lipinski definition) is 0. The molecule has 0 N–H and O–H groups in total. The van der Waals surface area contributed by atoms with Crippen LogP contribution in [0.4, 0.5) is 0 Å². The van der Waals surface area contributed by atoms with Gasteiger partial charge in [-0.1, -0.05) is 0 Å². The van der Waals surface area contributed by atoms with Gasteiger partial charge in [0.25, 0.3) is 0 Å². The van der Waals surface area contributed by atoms with Crippen molar-refractivity contribution in [3.05, 3.63) is 59.3 Å². The largest absolute Gasteiger partial charge is 0.493 e. The Balaban J connectivity index is 1.31. The van der Waals surface area contributed by atoms with Gasteiger partial charge in [-0.15, -0.1) is 0 Å². The van der Waals surface area contributed by atoms with Gasteiger partial charge in [-0.2, -0.15) is 0 Å². The molecule has 3 aromatic rings. The molecule has 0 unspecified atom stereocenters. The van der Waals surface area contributed by atoms with Crippen LogP contribution in [0.15, 0.2) is 42.6 Å². The molecule has 1 aliphatic heterocycles. The van der Waals surface area contributed by atoms with E-state index in [4.69, 9.17) is 9.47 Å². The van der Waals surface area contributed by atoms with E-state index in [1.54, 1.807) is 21.1 Å². The Kier molecular flexibility index (Phi) is 6.09. The molecule has 158 valence electrons. The summed E-state index contributed by atoms with van der Waals surface area (Å²) in [7, 11) is 3.38. The molecule has 2 aromatic carbocycles. The number of fused-ring (bicyclic) bond motifs is 2. The number of rotatable bonds is 8. The van der Waals surface area contributed by atoms with Crippen LogP contribution >= 0.6 is 0 Å². The average Bonchev–Trinajstić information content (AvgIpc) is 3.17. The number of hydrogen-bond acceptors (Lipinski definition) is 4. The fourth-order valence-corrected chi connectivity index (χ4v) is 4.36. The number of benzene rings is 2. The highest BCUT2D eigenvalue weighted by Crippen LogP contribution is 2.33. The number of ketones is 1. The van der Waals surface area contributed by atoms with Crippen LogP contribution in [0.5, 0.6) is 11.5 Å². The first kappa shape index (κ1) is 20.5. The minimum absolute atomic E-state index is 0.115. The molecule has 4 rings (SSSR count). The molecule has 0 amide bonds. The van der Waals surface area contributed by atoms with Gasteiger partial charge < -0.3 is 14.0 Å². The molecule has 30 heavy (non-hydrogen) atoms. The molecular weight excluding hydrogens is 376 g/mol. The van der Waals surface area contributed by atoms with Crippen molar-refractivity contribution in [2.24, 2.45) is 0 Å². The Labute approximate surface area is 178 Å². The minimum Gasteiger partial charge on any atom is -0.493 e. The van der Waals surface area contributed by atoms with Crippen molar-refractivity contribution < 1.29 is 14.3 Å². The lowest BCUT2D eigenvalue weighted by Gasteiger charge is -2.29. The van der Waals surface area contributed by atoms with Gasteiger partial charge in [0.1, 0.15) is 0 Å². The van der Waals surface area contributed by atoms with E-state index >= 15 is 0 Å². The normalized spacial score (nSPS) is 14.0. The Morgan fingerprint density at radius 2 is 1.70 bits per heavy atom. The summed E-state index contributed by atoms with van der Waals surface area (Å²) in [6.07, 6.45) is 5.48. The SMILES string of the molecule is COc1cc2c(cc1OC)CN(CCCCn1ccc3cc(C(C)=O)ccc31)CC2. The molecule has 0 aliphatic carbocycles. The number of nitrogens with zero attached hydrogens (tertiary/aromatic N) is 2. The lowest BCUT2D eigenvalue weighted by atomic mass is 9.98. The summed E-state index contributed by atoms with van der Waals surface area (Å²) in [5, 5.41) is 1.14. The second-order valence-corrected chi connectivity index (χ2v) is 8.05. The summed E-state index contributed by atoms with van der Waals surface area (Å²) in [5.74, 6) is 1.74. The third-order valence-corrected chi connectivity index (χ3v) is 6.10. The first-order valence-electron chi connectivity index (χ1n) is 10.6. The molecule has 0 bridgehead atoms. The monoisotopic (exact) mass is 406 g/mol. The lowest BCUT2D eigenvalue weighted by molar-refractivity contribution is 0.101. The first-order chi connectivity index (χ1) is 14.6. The van der Waals surface area contributed by atoms with Crippen molar-refractivity contribution in [1.82, 2.24) is 9.47 Å². The number of ether oxygens (including phenoxy) is 2. The third kappa shape index (κ3) is 4.21. The van der Waals surface area contributed by atoms with Gasteiger partial charge in [-0.3, -0.25) is 9.69 Å². The van der Waals surface area contributed by atoms with Crippen molar-refractivity contribution >= 4 is 16.7 Å². The zero-order valence-electron chi connectivity index (χ0n) is 18.1. The second kappa shape index (κ2) is 8.92.